The Morgan fingerprint density at radius 2 is 1.82 bits per heavy atom. The minimum atomic E-state index is -0.377. The summed E-state index contributed by atoms with van der Waals surface area (Å²) in [5, 5.41) is 0. The first-order chi connectivity index (χ1) is 7.91. The van der Waals surface area contributed by atoms with E-state index >= 15 is 0 Å². The number of ketones is 1. The zero-order chi connectivity index (χ0) is 12.3. The van der Waals surface area contributed by atoms with E-state index < -0.39 is 0 Å². The Balaban J connectivity index is 1.95. The van der Waals surface area contributed by atoms with E-state index in [9.17, 15) is 4.79 Å². The Morgan fingerprint density at radius 3 is 2.41 bits per heavy atom. The summed E-state index contributed by atoms with van der Waals surface area (Å²) in [6.07, 6.45) is 4.02. The van der Waals surface area contributed by atoms with Gasteiger partial charge in [-0.05, 0) is 30.6 Å². The maximum atomic E-state index is 11.9. The molecule has 3 heteroatoms. The van der Waals surface area contributed by atoms with Crippen molar-refractivity contribution in [1.82, 2.24) is 0 Å². The molecule has 0 bridgehead atoms. The maximum Gasteiger partial charge on any atom is 0.169 e. The predicted molar refractivity (Wildman–Crippen MR) is 63.5 cm³/mol. The second-order valence-electron chi connectivity index (χ2n) is 6.64. The molecule has 1 aliphatic heterocycles. The number of hydrogen-bond donors (Lipinski definition) is 0. The number of rotatable bonds is 1. The van der Waals surface area contributed by atoms with Crippen molar-refractivity contribution in [2.45, 2.75) is 52.2 Å². The highest BCUT2D eigenvalue weighted by Gasteiger charge is 2.67. The zero-order valence-electron chi connectivity index (χ0n) is 11.0. The molecule has 3 aliphatic rings. The fourth-order valence-corrected chi connectivity index (χ4v) is 4.68. The molecule has 1 saturated heterocycles. The van der Waals surface area contributed by atoms with E-state index in [1.807, 2.05) is 0 Å². The third kappa shape index (κ3) is 1.39. The van der Waals surface area contributed by atoms with Gasteiger partial charge < -0.3 is 9.47 Å². The minimum absolute atomic E-state index is 0.0587. The summed E-state index contributed by atoms with van der Waals surface area (Å²) in [6, 6.07) is 0. The normalized spacial score (nSPS) is 47.6. The fourth-order valence-electron chi connectivity index (χ4n) is 4.68. The van der Waals surface area contributed by atoms with Gasteiger partial charge in [-0.1, -0.05) is 13.8 Å². The molecular formula is C14H22O3. The molecule has 3 nitrogen and oxygen atoms in total. The van der Waals surface area contributed by atoms with E-state index in [2.05, 4.69) is 13.8 Å². The summed E-state index contributed by atoms with van der Waals surface area (Å²) >= 11 is 0. The molecule has 2 saturated carbocycles. The molecule has 0 radical (unpaired) electrons. The quantitative estimate of drug-likeness (QED) is 0.704. The largest absolute Gasteiger partial charge is 0.347 e. The molecule has 0 aromatic heterocycles. The van der Waals surface area contributed by atoms with Crippen molar-refractivity contribution in [3.8, 4) is 0 Å². The number of ether oxygens (including phenoxy) is 2. The van der Waals surface area contributed by atoms with Crippen molar-refractivity contribution in [3.05, 3.63) is 0 Å². The smallest absolute Gasteiger partial charge is 0.169 e. The second kappa shape index (κ2) is 3.33. The van der Waals surface area contributed by atoms with E-state index in [1.165, 1.54) is 0 Å². The number of fused-ring (bicyclic) bond motifs is 1. The molecule has 2 aliphatic carbocycles. The van der Waals surface area contributed by atoms with Crippen molar-refractivity contribution in [2.75, 3.05) is 13.2 Å². The van der Waals surface area contributed by atoms with E-state index in [-0.39, 0.29) is 22.5 Å². The summed E-state index contributed by atoms with van der Waals surface area (Å²) in [4.78, 5) is 11.9. The first-order valence-corrected chi connectivity index (χ1v) is 6.69. The highest BCUT2D eigenvalue weighted by Crippen LogP contribution is 2.69. The van der Waals surface area contributed by atoms with Gasteiger partial charge in [0.05, 0.1) is 13.2 Å². The van der Waals surface area contributed by atoms with Gasteiger partial charge in [-0.25, -0.2) is 0 Å². The van der Waals surface area contributed by atoms with Crippen LogP contribution in [0.15, 0.2) is 0 Å². The topological polar surface area (TPSA) is 35.5 Å². The molecule has 3 rings (SSSR count). The lowest BCUT2D eigenvalue weighted by Crippen LogP contribution is -2.35. The standard InChI is InChI=1S/C14H22O3/c1-10(15)11-4-5-12(2)8-14(9-13(11,12)3)16-6-7-17-14/h11H,4-9H2,1-3H3/t11-,12-,13-/m0/s1. The van der Waals surface area contributed by atoms with E-state index in [0.717, 1.165) is 25.7 Å². The summed E-state index contributed by atoms with van der Waals surface area (Å²) in [7, 11) is 0. The summed E-state index contributed by atoms with van der Waals surface area (Å²) < 4.78 is 11.7. The highest BCUT2D eigenvalue weighted by atomic mass is 16.7. The van der Waals surface area contributed by atoms with Crippen LogP contribution in [0.4, 0.5) is 0 Å². The molecule has 0 aromatic rings. The third-order valence-electron chi connectivity index (χ3n) is 5.73. The molecule has 17 heavy (non-hydrogen) atoms. The van der Waals surface area contributed by atoms with Crippen LogP contribution >= 0.6 is 0 Å². The van der Waals surface area contributed by atoms with Crippen LogP contribution in [0, 0.1) is 16.7 Å². The van der Waals surface area contributed by atoms with Crippen LogP contribution in [-0.2, 0) is 14.3 Å². The molecule has 0 N–H and O–H groups in total. The van der Waals surface area contributed by atoms with E-state index in [1.54, 1.807) is 6.92 Å². The number of hydrogen-bond acceptors (Lipinski definition) is 3. The summed E-state index contributed by atoms with van der Waals surface area (Å²) in [5.41, 5.74) is 0.261. The Hall–Kier alpha value is -0.410. The molecule has 96 valence electrons. The number of Topliss-reactive ketones (excluding diaryl/α,β-unsaturated/α-hetero) is 1. The Bertz CT molecular complexity index is 358. The Labute approximate surface area is 103 Å². The van der Waals surface area contributed by atoms with Crippen molar-refractivity contribution >= 4 is 5.78 Å². The fraction of sp³-hybridized carbons (Fsp3) is 0.929. The lowest BCUT2D eigenvalue weighted by molar-refractivity contribution is -0.161. The molecule has 0 unspecified atom stereocenters. The third-order valence-corrected chi connectivity index (χ3v) is 5.73. The molecule has 1 spiro atoms. The van der Waals surface area contributed by atoms with Gasteiger partial charge >= 0.3 is 0 Å². The maximum absolute atomic E-state index is 11.9. The van der Waals surface area contributed by atoms with Crippen molar-refractivity contribution in [2.24, 2.45) is 16.7 Å². The monoisotopic (exact) mass is 238 g/mol. The lowest BCUT2D eigenvalue weighted by atomic mass is 9.66. The molecule has 0 aromatic carbocycles. The molecular weight excluding hydrogens is 216 g/mol. The van der Waals surface area contributed by atoms with Crippen LogP contribution in [0.5, 0.6) is 0 Å². The van der Waals surface area contributed by atoms with Crippen LogP contribution in [0.2, 0.25) is 0 Å². The van der Waals surface area contributed by atoms with Gasteiger partial charge in [-0.15, -0.1) is 0 Å². The highest BCUT2D eigenvalue weighted by molar-refractivity contribution is 5.79. The number of carbonyl (C=O) groups excluding carboxylic acids is 1. The van der Waals surface area contributed by atoms with Crippen LogP contribution < -0.4 is 0 Å². The molecule has 3 fully saturated rings. The van der Waals surface area contributed by atoms with E-state index in [0.29, 0.717) is 19.0 Å². The van der Waals surface area contributed by atoms with Crippen LogP contribution in [-0.4, -0.2) is 24.8 Å². The van der Waals surface area contributed by atoms with Gasteiger partial charge in [0.2, 0.25) is 0 Å². The lowest BCUT2D eigenvalue weighted by Gasteiger charge is -2.37. The van der Waals surface area contributed by atoms with Crippen LogP contribution in [0.1, 0.15) is 46.5 Å². The average molecular weight is 238 g/mol. The van der Waals surface area contributed by atoms with Crippen molar-refractivity contribution in [3.63, 3.8) is 0 Å². The van der Waals surface area contributed by atoms with Crippen molar-refractivity contribution < 1.29 is 14.3 Å². The first kappa shape index (κ1) is 11.7. The first-order valence-electron chi connectivity index (χ1n) is 6.69. The van der Waals surface area contributed by atoms with Crippen LogP contribution in [0.3, 0.4) is 0 Å². The van der Waals surface area contributed by atoms with Gasteiger partial charge in [0.15, 0.2) is 5.79 Å². The zero-order valence-corrected chi connectivity index (χ0v) is 11.0. The van der Waals surface area contributed by atoms with Crippen molar-refractivity contribution in [1.29, 1.82) is 0 Å². The van der Waals surface area contributed by atoms with Gasteiger partial charge in [0.25, 0.3) is 0 Å². The van der Waals surface area contributed by atoms with Gasteiger partial charge in [-0.3, -0.25) is 4.79 Å². The predicted octanol–water partition coefficient (Wildman–Crippen LogP) is 2.53. The molecule has 0 amide bonds. The minimum Gasteiger partial charge on any atom is -0.347 e. The average Bonchev–Trinajstić information content (AvgIpc) is 2.78. The SMILES string of the molecule is CC(=O)[C@@H]1CC[C@@]2(C)CC3(C[C@@]12C)OCCO3. The summed E-state index contributed by atoms with van der Waals surface area (Å²) in [6.45, 7) is 7.73. The second-order valence-corrected chi connectivity index (χ2v) is 6.64. The van der Waals surface area contributed by atoms with Gasteiger partial charge in [-0.2, -0.15) is 0 Å². The number of carbonyl (C=O) groups is 1. The Morgan fingerprint density at radius 1 is 1.18 bits per heavy atom. The Kier molecular flexibility index (Phi) is 2.28. The molecule has 3 atom stereocenters. The van der Waals surface area contributed by atoms with Gasteiger partial charge in [0, 0.05) is 18.8 Å². The molecule has 1 heterocycles. The summed E-state index contributed by atoms with van der Waals surface area (Å²) in [5.74, 6) is 0.156. The van der Waals surface area contributed by atoms with Gasteiger partial charge in [0.1, 0.15) is 5.78 Å². The van der Waals surface area contributed by atoms with Crippen LogP contribution in [0.25, 0.3) is 0 Å². The van der Waals surface area contributed by atoms with E-state index in [4.69, 9.17) is 9.47 Å².